The van der Waals surface area contributed by atoms with Crippen molar-refractivity contribution in [3.8, 4) is 0 Å². The van der Waals surface area contributed by atoms with Gasteiger partial charge in [-0.2, -0.15) is 0 Å². The molecule has 0 aliphatic heterocycles. The lowest BCUT2D eigenvalue weighted by molar-refractivity contribution is -0.150. The average molecular weight is 613 g/mol. The molecular weight excluding hydrogens is 544 g/mol. The van der Waals surface area contributed by atoms with Gasteiger partial charge in [-0.05, 0) is 83.5 Å². The van der Waals surface area contributed by atoms with Crippen LogP contribution in [0.3, 0.4) is 0 Å². The summed E-state index contributed by atoms with van der Waals surface area (Å²) in [5, 5.41) is 8.80. The van der Waals surface area contributed by atoms with Gasteiger partial charge in [-0.25, -0.2) is 0 Å². The van der Waals surface area contributed by atoms with Crippen LogP contribution in [0.15, 0.2) is 60.8 Å². The zero-order valence-electron chi connectivity index (χ0n) is 28.7. The Morgan fingerprint density at radius 2 is 0.955 bits per heavy atom. The van der Waals surface area contributed by atoms with Gasteiger partial charge in [0.05, 0.1) is 0 Å². The number of rotatable bonds is 32. The first-order valence-corrected chi connectivity index (χ1v) is 18.3. The molecule has 0 aromatic carbocycles. The highest BCUT2D eigenvalue weighted by Crippen LogP contribution is 2.18. The molecule has 4 heteroatoms. The molecule has 0 aromatic heterocycles. The molecule has 0 saturated carbocycles. The van der Waals surface area contributed by atoms with Gasteiger partial charge in [-0.3, -0.25) is 9.59 Å². The Morgan fingerprint density at radius 3 is 1.48 bits per heavy atom. The van der Waals surface area contributed by atoms with Crippen LogP contribution in [0.25, 0.3) is 0 Å². The lowest BCUT2D eigenvalue weighted by Gasteiger charge is -2.18. The lowest BCUT2D eigenvalue weighted by atomic mass is 10.0. The molecule has 0 fully saturated rings. The summed E-state index contributed by atoms with van der Waals surface area (Å²) < 4.78 is 5.91. The second-order valence-electron chi connectivity index (χ2n) is 12.0. The minimum atomic E-state index is -0.717. The van der Waals surface area contributed by atoms with E-state index in [4.69, 9.17) is 9.84 Å². The van der Waals surface area contributed by atoms with E-state index in [1.165, 1.54) is 51.4 Å². The number of hydrogen-bond donors (Lipinski definition) is 1. The van der Waals surface area contributed by atoms with Gasteiger partial charge in [-0.15, -0.1) is 0 Å². The van der Waals surface area contributed by atoms with Crippen molar-refractivity contribution in [3.63, 3.8) is 0 Å². The number of carboxylic acid groups (broad SMARTS) is 1. The second kappa shape index (κ2) is 35.1. The number of hydrogen-bond acceptors (Lipinski definition) is 3. The Bertz CT molecular complexity index is 789. The second-order valence-corrected chi connectivity index (χ2v) is 12.0. The predicted octanol–water partition coefficient (Wildman–Crippen LogP) is 12.6. The standard InChI is InChI=1S/C40H68O4/c1-3-5-7-9-11-12-13-14-15-16-17-18-19-20-21-22-23-24-25-27-33-37-40(43)44-38(34-30-26-10-8-6-4-2)35-31-28-29-32-36-39(41)42/h5,7,11-12,14-15,17-18,20-21,38H,3-4,6,8-10,13,16,19,22-37H2,1-2H3,(H,41,42)/b7-5-,12-11-,15-14-,18-17-,21-20-. The molecule has 0 aliphatic carbocycles. The van der Waals surface area contributed by atoms with Gasteiger partial charge in [0.25, 0.3) is 0 Å². The number of esters is 1. The fourth-order valence-electron chi connectivity index (χ4n) is 5.09. The van der Waals surface area contributed by atoms with Crippen LogP contribution < -0.4 is 0 Å². The molecule has 0 aliphatic rings. The molecular formula is C40H68O4. The van der Waals surface area contributed by atoms with E-state index in [0.717, 1.165) is 96.3 Å². The molecule has 0 amide bonds. The van der Waals surface area contributed by atoms with Crippen LogP contribution in [-0.4, -0.2) is 23.1 Å². The third-order valence-electron chi connectivity index (χ3n) is 7.75. The summed E-state index contributed by atoms with van der Waals surface area (Å²) >= 11 is 0. The molecule has 0 spiro atoms. The van der Waals surface area contributed by atoms with E-state index in [-0.39, 0.29) is 18.5 Å². The van der Waals surface area contributed by atoms with Crippen molar-refractivity contribution in [1.82, 2.24) is 0 Å². The number of allylic oxidation sites excluding steroid dienone is 10. The van der Waals surface area contributed by atoms with Crippen molar-refractivity contribution < 1.29 is 19.4 Å². The van der Waals surface area contributed by atoms with Crippen molar-refractivity contribution in [1.29, 1.82) is 0 Å². The van der Waals surface area contributed by atoms with E-state index in [9.17, 15) is 9.59 Å². The maximum absolute atomic E-state index is 12.5. The van der Waals surface area contributed by atoms with Gasteiger partial charge in [0.15, 0.2) is 0 Å². The first-order chi connectivity index (χ1) is 21.6. The molecule has 4 nitrogen and oxygen atoms in total. The Hall–Kier alpha value is -2.36. The molecule has 1 atom stereocenters. The number of unbranched alkanes of at least 4 members (excludes halogenated alkanes) is 13. The topological polar surface area (TPSA) is 63.6 Å². The number of carbonyl (C=O) groups excluding carboxylic acids is 1. The molecule has 252 valence electrons. The molecule has 0 rings (SSSR count). The molecule has 44 heavy (non-hydrogen) atoms. The van der Waals surface area contributed by atoms with Crippen LogP contribution in [0.5, 0.6) is 0 Å². The summed E-state index contributed by atoms with van der Waals surface area (Å²) in [4.78, 5) is 23.2. The quantitative estimate of drug-likeness (QED) is 0.0466. The van der Waals surface area contributed by atoms with E-state index >= 15 is 0 Å². The number of carbonyl (C=O) groups is 2. The molecule has 1 unspecified atom stereocenters. The monoisotopic (exact) mass is 613 g/mol. The first-order valence-electron chi connectivity index (χ1n) is 18.3. The van der Waals surface area contributed by atoms with Gasteiger partial charge >= 0.3 is 11.9 Å². The maximum Gasteiger partial charge on any atom is 0.306 e. The summed E-state index contributed by atoms with van der Waals surface area (Å²) in [7, 11) is 0. The zero-order chi connectivity index (χ0) is 32.2. The van der Waals surface area contributed by atoms with E-state index < -0.39 is 5.97 Å². The van der Waals surface area contributed by atoms with Crippen LogP contribution in [-0.2, 0) is 14.3 Å². The number of ether oxygens (including phenoxy) is 1. The van der Waals surface area contributed by atoms with Crippen molar-refractivity contribution >= 4 is 11.9 Å². The van der Waals surface area contributed by atoms with Crippen LogP contribution in [0.1, 0.15) is 174 Å². The van der Waals surface area contributed by atoms with Crippen LogP contribution in [0.4, 0.5) is 0 Å². The molecule has 0 saturated heterocycles. The summed E-state index contributed by atoms with van der Waals surface area (Å²) in [6.45, 7) is 4.40. The van der Waals surface area contributed by atoms with Crippen molar-refractivity contribution in [2.45, 2.75) is 180 Å². The van der Waals surface area contributed by atoms with Gasteiger partial charge < -0.3 is 9.84 Å². The summed E-state index contributed by atoms with van der Waals surface area (Å²) in [6.07, 6.45) is 48.1. The highest BCUT2D eigenvalue weighted by Gasteiger charge is 2.14. The van der Waals surface area contributed by atoms with Crippen molar-refractivity contribution in [2.24, 2.45) is 0 Å². The summed E-state index contributed by atoms with van der Waals surface area (Å²) in [6, 6.07) is 0. The molecule has 0 bridgehead atoms. The zero-order valence-corrected chi connectivity index (χ0v) is 28.7. The van der Waals surface area contributed by atoms with Gasteiger partial charge in [-0.1, -0.05) is 139 Å². The Morgan fingerprint density at radius 1 is 0.523 bits per heavy atom. The molecule has 0 heterocycles. The van der Waals surface area contributed by atoms with Gasteiger partial charge in [0.2, 0.25) is 0 Å². The van der Waals surface area contributed by atoms with Crippen molar-refractivity contribution in [3.05, 3.63) is 60.8 Å². The summed E-state index contributed by atoms with van der Waals surface area (Å²) in [5.74, 6) is -0.754. The number of aliphatic carboxylic acids is 1. The Kier molecular flexibility index (Phi) is 33.2. The SMILES string of the molecule is CC/C=C\C/C=C\C/C=C\C/C=C\C/C=C\CCCCCCCC(=O)OC(CCCCCCCC)CCCCCCC(=O)O. The maximum atomic E-state index is 12.5. The van der Waals surface area contributed by atoms with Crippen LogP contribution in [0, 0.1) is 0 Å². The van der Waals surface area contributed by atoms with Crippen LogP contribution in [0.2, 0.25) is 0 Å². The van der Waals surface area contributed by atoms with E-state index in [1.807, 2.05) is 0 Å². The smallest absolute Gasteiger partial charge is 0.306 e. The Balaban J connectivity index is 3.91. The van der Waals surface area contributed by atoms with E-state index in [2.05, 4.69) is 74.6 Å². The molecule has 1 N–H and O–H groups in total. The first kappa shape index (κ1) is 41.6. The minimum absolute atomic E-state index is 0.0246. The third-order valence-corrected chi connectivity index (χ3v) is 7.75. The fourth-order valence-corrected chi connectivity index (χ4v) is 5.09. The summed E-state index contributed by atoms with van der Waals surface area (Å²) in [5.41, 5.74) is 0. The normalized spacial score (nSPS) is 13.0. The largest absolute Gasteiger partial charge is 0.481 e. The highest BCUT2D eigenvalue weighted by atomic mass is 16.5. The van der Waals surface area contributed by atoms with E-state index in [1.54, 1.807) is 0 Å². The fraction of sp³-hybridized carbons (Fsp3) is 0.700. The highest BCUT2D eigenvalue weighted by molar-refractivity contribution is 5.69. The average Bonchev–Trinajstić information content (AvgIpc) is 3.01. The molecule has 0 radical (unpaired) electrons. The van der Waals surface area contributed by atoms with E-state index in [0.29, 0.717) is 6.42 Å². The molecule has 0 aromatic rings. The van der Waals surface area contributed by atoms with Gasteiger partial charge in [0.1, 0.15) is 6.10 Å². The predicted molar refractivity (Wildman–Crippen MR) is 190 cm³/mol. The van der Waals surface area contributed by atoms with Gasteiger partial charge in [0, 0.05) is 12.8 Å². The number of carboxylic acids is 1. The van der Waals surface area contributed by atoms with Crippen molar-refractivity contribution in [2.75, 3.05) is 0 Å². The minimum Gasteiger partial charge on any atom is -0.481 e. The van der Waals surface area contributed by atoms with Crippen LogP contribution >= 0.6 is 0 Å². The third kappa shape index (κ3) is 34.1. The Labute approximate surface area is 272 Å². The lowest BCUT2D eigenvalue weighted by Crippen LogP contribution is -2.18.